The first-order chi connectivity index (χ1) is 7.22. The lowest BCUT2D eigenvalue weighted by molar-refractivity contribution is -0.236. The first-order valence-corrected chi connectivity index (χ1v) is 6.53. The van der Waals surface area contributed by atoms with Crippen molar-refractivity contribution < 1.29 is 9.47 Å². The molecule has 0 unspecified atom stereocenters. The summed E-state index contributed by atoms with van der Waals surface area (Å²) >= 11 is 0. The highest BCUT2D eigenvalue weighted by molar-refractivity contribution is 4.65. The van der Waals surface area contributed by atoms with Crippen molar-refractivity contribution in [1.29, 1.82) is 0 Å². The van der Waals surface area contributed by atoms with Gasteiger partial charge in [-0.25, -0.2) is 0 Å². The van der Waals surface area contributed by atoms with Gasteiger partial charge in [-0.15, -0.1) is 0 Å². The van der Waals surface area contributed by atoms with E-state index in [1.807, 2.05) is 0 Å². The van der Waals surface area contributed by atoms with Crippen LogP contribution in [-0.2, 0) is 9.47 Å². The van der Waals surface area contributed by atoms with Crippen LogP contribution in [-0.4, -0.2) is 18.5 Å². The van der Waals surface area contributed by atoms with Crippen molar-refractivity contribution in [1.82, 2.24) is 0 Å². The number of rotatable bonds is 6. The third kappa shape index (κ3) is 5.53. The molecule has 2 heteroatoms. The van der Waals surface area contributed by atoms with E-state index < -0.39 is 0 Å². The van der Waals surface area contributed by atoms with Crippen LogP contribution in [0.15, 0.2) is 0 Å². The van der Waals surface area contributed by atoms with E-state index in [1.165, 1.54) is 32.1 Å². The third-order valence-electron chi connectivity index (χ3n) is 2.98. The van der Waals surface area contributed by atoms with Crippen LogP contribution in [0.5, 0.6) is 0 Å². The van der Waals surface area contributed by atoms with E-state index in [9.17, 15) is 0 Å². The van der Waals surface area contributed by atoms with E-state index >= 15 is 0 Å². The summed E-state index contributed by atoms with van der Waals surface area (Å²) in [7, 11) is 0. The van der Waals surface area contributed by atoms with Gasteiger partial charge >= 0.3 is 0 Å². The molecule has 2 nitrogen and oxygen atoms in total. The molecule has 1 aliphatic heterocycles. The van der Waals surface area contributed by atoms with Crippen molar-refractivity contribution in [3.8, 4) is 0 Å². The molecule has 1 aliphatic rings. The Kier molecular flexibility index (Phi) is 6.26. The Hall–Kier alpha value is -0.0800. The lowest BCUT2D eigenvalue weighted by Crippen LogP contribution is -2.35. The van der Waals surface area contributed by atoms with Crippen LogP contribution in [0.3, 0.4) is 0 Å². The van der Waals surface area contributed by atoms with Gasteiger partial charge in [0.15, 0.2) is 6.29 Å². The summed E-state index contributed by atoms with van der Waals surface area (Å²) in [6, 6.07) is 0. The second kappa shape index (κ2) is 7.24. The smallest absolute Gasteiger partial charge is 0.158 e. The standard InChI is InChI=1S/C13H26O2/c1-4-5-6-7-8-9-13-14-11(2)10-12(3)15-13/h11-13H,4-10H2,1-3H3/t11-,12-/m1/s1. The minimum Gasteiger partial charge on any atom is -0.350 e. The molecular formula is C13H26O2. The highest BCUT2D eigenvalue weighted by Crippen LogP contribution is 2.21. The molecule has 0 aromatic rings. The average molecular weight is 214 g/mol. The Morgan fingerprint density at radius 1 is 0.933 bits per heavy atom. The van der Waals surface area contributed by atoms with Crippen molar-refractivity contribution >= 4 is 0 Å². The Bertz CT molecular complexity index is 149. The van der Waals surface area contributed by atoms with Crippen LogP contribution in [0.2, 0.25) is 0 Å². The highest BCUT2D eigenvalue weighted by Gasteiger charge is 2.23. The summed E-state index contributed by atoms with van der Waals surface area (Å²) in [6.45, 7) is 6.53. The number of ether oxygens (including phenoxy) is 2. The molecular weight excluding hydrogens is 188 g/mol. The van der Waals surface area contributed by atoms with Crippen molar-refractivity contribution in [3.63, 3.8) is 0 Å². The van der Waals surface area contributed by atoms with E-state index in [0.29, 0.717) is 12.2 Å². The van der Waals surface area contributed by atoms with Crippen molar-refractivity contribution in [2.75, 3.05) is 0 Å². The Morgan fingerprint density at radius 2 is 1.53 bits per heavy atom. The largest absolute Gasteiger partial charge is 0.350 e. The minimum atomic E-state index is 0.0605. The molecule has 0 aromatic heterocycles. The SMILES string of the molecule is CCCCCCCC1O[C@H](C)C[C@@H](C)O1. The minimum absolute atomic E-state index is 0.0605. The summed E-state index contributed by atoms with van der Waals surface area (Å²) in [5.41, 5.74) is 0. The Balaban J connectivity index is 2.04. The summed E-state index contributed by atoms with van der Waals surface area (Å²) in [5.74, 6) is 0. The maximum Gasteiger partial charge on any atom is 0.158 e. The number of unbranched alkanes of at least 4 members (excludes halogenated alkanes) is 4. The van der Waals surface area contributed by atoms with E-state index in [4.69, 9.17) is 9.47 Å². The molecule has 15 heavy (non-hydrogen) atoms. The van der Waals surface area contributed by atoms with Crippen molar-refractivity contribution in [3.05, 3.63) is 0 Å². The lowest BCUT2D eigenvalue weighted by atomic mass is 10.1. The Morgan fingerprint density at radius 3 is 2.13 bits per heavy atom. The Labute approximate surface area is 94.3 Å². The molecule has 2 atom stereocenters. The van der Waals surface area contributed by atoms with E-state index in [2.05, 4.69) is 20.8 Å². The van der Waals surface area contributed by atoms with Crippen molar-refractivity contribution in [2.45, 2.75) is 84.2 Å². The number of hydrogen-bond acceptors (Lipinski definition) is 2. The molecule has 1 rings (SSSR count). The molecule has 90 valence electrons. The molecule has 0 N–H and O–H groups in total. The average Bonchev–Trinajstić information content (AvgIpc) is 2.16. The van der Waals surface area contributed by atoms with Crippen LogP contribution in [0, 0.1) is 0 Å². The summed E-state index contributed by atoms with van der Waals surface area (Å²) in [5, 5.41) is 0. The summed E-state index contributed by atoms with van der Waals surface area (Å²) in [6.07, 6.45) is 9.49. The molecule has 0 saturated carbocycles. The van der Waals surface area contributed by atoms with Crippen LogP contribution in [0.4, 0.5) is 0 Å². The van der Waals surface area contributed by atoms with Gasteiger partial charge in [0.05, 0.1) is 12.2 Å². The maximum absolute atomic E-state index is 5.74. The zero-order valence-electron chi connectivity index (χ0n) is 10.5. The van der Waals surface area contributed by atoms with Gasteiger partial charge in [-0.05, 0) is 33.1 Å². The predicted octanol–water partition coefficient (Wildman–Crippen LogP) is 3.89. The molecule has 0 radical (unpaired) electrons. The monoisotopic (exact) mass is 214 g/mol. The molecule has 0 bridgehead atoms. The quantitative estimate of drug-likeness (QED) is 0.625. The van der Waals surface area contributed by atoms with Crippen LogP contribution >= 0.6 is 0 Å². The van der Waals surface area contributed by atoms with Crippen LogP contribution < -0.4 is 0 Å². The van der Waals surface area contributed by atoms with Gasteiger partial charge in [0.25, 0.3) is 0 Å². The second-order valence-electron chi connectivity index (χ2n) is 4.76. The van der Waals surface area contributed by atoms with Crippen LogP contribution in [0.25, 0.3) is 0 Å². The van der Waals surface area contributed by atoms with Gasteiger partial charge in [0, 0.05) is 0 Å². The topological polar surface area (TPSA) is 18.5 Å². The fourth-order valence-corrected chi connectivity index (χ4v) is 2.18. The number of hydrogen-bond donors (Lipinski definition) is 0. The molecule has 0 aromatic carbocycles. The van der Waals surface area contributed by atoms with Crippen molar-refractivity contribution in [2.24, 2.45) is 0 Å². The summed E-state index contributed by atoms with van der Waals surface area (Å²) in [4.78, 5) is 0. The highest BCUT2D eigenvalue weighted by atomic mass is 16.7. The lowest BCUT2D eigenvalue weighted by Gasteiger charge is -2.32. The fourth-order valence-electron chi connectivity index (χ4n) is 2.18. The third-order valence-corrected chi connectivity index (χ3v) is 2.98. The van der Waals surface area contributed by atoms with Gasteiger partial charge < -0.3 is 9.47 Å². The molecule has 0 aliphatic carbocycles. The zero-order chi connectivity index (χ0) is 11.1. The molecule has 1 saturated heterocycles. The molecule has 0 spiro atoms. The maximum atomic E-state index is 5.74. The van der Waals surface area contributed by atoms with E-state index in [1.54, 1.807) is 0 Å². The molecule has 0 amide bonds. The van der Waals surface area contributed by atoms with E-state index in [0.717, 1.165) is 12.8 Å². The van der Waals surface area contributed by atoms with Gasteiger partial charge in [0.1, 0.15) is 0 Å². The predicted molar refractivity (Wildman–Crippen MR) is 62.9 cm³/mol. The molecule has 1 heterocycles. The normalized spacial score (nSPS) is 31.8. The van der Waals surface area contributed by atoms with Gasteiger partial charge in [-0.3, -0.25) is 0 Å². The van der Waals surface area contributed by atoms with Gasteiger partial charge in [0.2, 0.25) is 0 Å². The summed E-state index contributed by atoms with van der Waals surface area (Å²) < 4.78 is 11.5. The first-order valence-electron chi connectivity index (χ1n) is 6.53. The van der Waals surface area contributed by atoms with Gasteiger partial charge in [-0.1, -0.05) is 32.6 Å². The first kappa shape index (κ1) is 13.0. The van der Waals surface area contributed by atoms with E-state index in [-0.39, 0.29) is 6.29 Å². The molecule has 1 fully saturated rings. The zero-order valence-corrected chi connectivity index (χ0v) is 10.5. The van der Waals surface area contributed by atoms with Gasteiger partial charge in [-0.2, -0.15) is 0 Å². The van der Waals surface area contributed by atoms with Crippen LogP contribution in [0.1, 0.15) is 65.7 Å². The fraction of sp³-hybridized carbons (Fsp3) is 1.00. The second-order valence-corrected chi connectivity index (χ2v) is 4.76.